The number of hydrogen-bond acceptors (Lipinski definition) is 7. The molecule has 2 aromatic carbocycles. The number of aromatic nitrogens is 4. The Morgan fingerprint density at radius 3 is 2.58 bits per heavy atom. The highest BCUT2D eigenvalue weighted by molar-refractivity contribution is 6.36. The van der Waals surface area contributed by atoms with E-state index < -0.39 is 0 Å². The van der Waals surface area contributed by atoms with E-state index in [0.717, 1.165) is 10.8 Å². The van der Waals surface area contributed by atoms with Crippen LogP contribution in [0.25, 0.3) is 27.5 Å². The number of fused-ring (bicyclic) bond motifs is 2. The molecule has 1 aliphatic heterocycles. The number of carbonyl (C=O) groups excluding carboxylic acids is 1. The zero-order valence-corrected chi connectivity index (χ0v) is 21.0. The first-order valence-electron chi connectivity index (χ1n) is 11.5. The van der Waals surface area contributed by atoms with Gasteiger partial charge in [-0.2, -0.15) is 9.97 Å². The minimum atomic E-state index is -0.347. The minimum absolute atomic E-state index is 0.0690. The van der Waals surface area contributed by atoms with Crippen molar-refractivity contribution >= 4 is 45.1 Å². The maximum atomic E-state index is 13.9. The van der Waals surface area contributed by atoms with E-state index >= 15 is 0 Å². The van der Waals surface area contributed by atoms with Gasteiger partial charge in [0, 0.05) is 31.1 Å². The maximum absolute atomic E-state index is 13.9. The molecule has 36 heavy (non-hydrogen) atoms. The number of amides is 1. The molecule has 0 N–H and O–H groups in total. The summed E-state index contributed by atoms with van der Waals surface area (Å²) in [7, 11) is 1.46. The van der Waals surface area contributed by atoms with Gasteiger partial charge in [-0.05, 0) is 37.4 Å². The van der Waals surface area contributed by atoms with Crippen LogP contribution in [0.3, 0.4) is 0 Å². The number of hydrogen-bond donors (Lipinski definition) is 0. The predicted octanol–water partition coefficient (Wildman–Crippen LogP) is 3.52. The third-order valence-corrected chi connectivity index (χ3v) is 6.80. The lowest BCUT2D eigenvalue weighted by molar-refractivity contribution is -0.126. The van der Waals surface area contributed by atoms with E-state index in [1.807, 2.05) is 42.2 Å². The Bertz CT molecular complexity index is 1580. The third-order valence-electron chi connectivity index (χ3n) is 6.49. The van der Waals surface area contributed by atoms with Gasteiger partial charge in [0.2, 0.25) is 5.91 Å². The van der Waals surface area contributed by atoms with Gasteiger partial charge in [0.25, 0.3) is 5.56 Å². The molecule has 2 aromatic heterocycles. The van der Waals surface area contributed by atoms with Crippen molar-refractivity contribution in [1.29, 1.82) is 0 Å². The first kappa shape index (κ1) is 23.7. The number of halogens is 1. The number of benzene rings is 2. The van der Waals surface area contributed by atoms with Crippen LogP contribution >= 0.6 is 11.6 Å². The summed E-state index contributed by atoms with van der Waals surface area (Å²) in [6.07, 6.45) is 1.32. The zero-order chi connectivity index (χ0) is 25.6. The SMILES string of the molecule is C=CC(=O)N1CCN(c2nc(OC)nc3c(=O)n(-c4cccc5cccc(Cl)c45)c(C)nc23)[C@@H](C)C1. The highest BCUT2D eigenvalue weighted by Gasteiger charge is 2.30. The fourth-order valence-corrected chi connectivity index (χ4v) is 5.06. The first-order valence-corrected chi connectivity index (χ1v) is 11.9. The molecule has 1 saturated heterocycles. The van der Waals surface area contributed by atoms with Gasteiger partial charge in [0.05, 0.1) is 17.8 Å². The van der Waals surface area contributed by atoms with E-state index in [1.54, 1.807) is 17.9 Å². The molecule has 0 radical (unpaired) electrons. The van der Waals surface area contributed by atoms with E-state index in [0.29, 0.717) is 47.5 Å². The molecule has 1 amide bonds. The van der Waals surface area contributed by atoms with Crippen LogP contribution in [0.4, 0.5) is 5.82 Å². The van der Waals surface area contributed by atoms with Gasteiger partial charge in [0.15, 0.2) is 11.3 Å². The van der Waals surface area contributed by atoms with Crippen LogP contribution in [0.5, 0.6) is 6.01 Å². The van der Waals surface area contributed by atoms with Crippen LogP contribution in [0, 0.1) is 6.92 Å². The van der Waals surface area contributed by atoms with Crippen LogP contribution in [0.2, 0.25) is 5.02 Å². The topological polar surface area (TPSA) is 93.5 Å². The lowest BCUT2D eigenvalue weighted by Crippen LogP contribution is -2.53. The van der Waals surface area contributed by atoms with Gasteiger partial charge in [-0.1, -0.05) is 42.4 Å². The molecule has 1 atom stereocenters. The largest absolute Gasteiger partial charge is 0.467 e. The van der Waals surface area contributed by atoms with Crippen LogP contribution in [-0.4, -0.2) is 63.1 Å². The molecule has 0 unspecified atom stereocenters. The minimum Gasteiger partial charge on any atom is -0.467 e. The zero-order valence-electron chi connectivity index (χ0n) is 20.2. The average molecular weight is 505 g/mol. The molecular formula is C26H25ClN6O3. The Morgan fingerprint density at radius 1 is 1.14 bits per heavy atom. The summed E-state index contributed by atoms with van der Waals surface area (Å²) in [6.45, 7) is 8.84. The van der Waals surface area contributed by atoms with Gasteiger partial charge in [0.1, 0.15) is 11.3 Å². The van der Waals surface area contributed by atoms with Crippen molar-refractivity contribution in [2.75, 3.05) is 31.6 Å². The van der Waals surface area contributed by atoms with Crippen LogP contribution in [0.1, 0.15) is 12.7 Å². The molecule has 1 fully saturated rings. The number of carbonyl (C=O) groups is 1. The van der Waals surface area contributed by atoms with Gasteiger partial charge in [-0.25, -0.2) is 4.98 Å². The summed E-state index contributed by atoms with van der Waals surface area (Å²) in [5.74, 6) is 0.860. The number of piperazine rings is 1. The molecule has 1 aliphatic rings. The van der Waals surface area contributed by atoms with Crippen molar-refractivity contribution in [2.24, 2.45) is 0 Å². The molecule has 0 saturated carbocycles. The van der Waals surface area contributed by atoms with E-state index in [1.165, 1.54) is 17.8 Å². The summed E-state index contributed by atoms with van der Waals surface area (Å²) >= 11 is 6.55. The average Bonchev–Trinajstić information content (AvgIpc) is 2.88. The predicted molar refractivity (Wildman–Crippen MR) is 140 cm³/mol. The monoisotopic (exact) mass is 504 g/mol. The van der Waals surface area contributed by atoms with Crippen molar-refractivity contribution in [3.63, 3.8) is 0 Å². The van der Waals surface area contributed by atoms with Gasteiger partial charge in [-0.15, -0.1) is 0 Å². The van der Waals surface area contributed by atoms with Crippen LogP contribution < -0.4 is 15.2 Å². The lowest BCUT2D eigenvalue weighted by atomic mass is 10.1. The van der Waals surface area contributed by atoms with Crippen molar-refractivity contribution in [3.8, 4) is 11.7 Å². The van der Waals surface area contributed by atoms with Gasteiger partial charge >= 0.3 is 6.01 Å². The van der Waals surface area contributed by atoms with E-state index in [2.05, 4.69) is 16.5 Å². The molecule has 0 bridgehead atoms. The molecule has 3 heterocycles. The fourth-order valence-electron chi connectivity index (χ4n) is 4.78. The van der Waals surface area contributed by atoms with Gasteiger partial charge < -0.3 is 14.5 Å². The standard InChI is InChI=1S/C26H25ClN6O3/c1-5-20(34)31-12-13-32(15(2)14-31)24-22-23(29-26(30-24)36-4)25(35)33(16(3)28-22)19-11-7-9-17-8-6-10-18(27)21(17)19/h5-11,15H,1,12-14H2,2-4H3/t15-/m0/s1. The normalized spacial score (nSPS) is 15.9. The first-order chi connectivity index (χ1) is 17.3. The van der Waals surface area contributed by atoms with Gasteiger partial charge in [-0.3, -0.25) is 14.2 Å². The molecule has 5 rings (SSSR count). The molecule has 0 spiro atoms. The van der Waals surface area contributed by atoms with E-state index in [9.17, 15) is 9.59 Å². The second-order valence-corrected chi connectivity index (χ2v) is 9.08. The van der Waals surface area contributed by atoms with E-state index in [-0.39, 0.29) is 29.0 Å². The Kier molecular flexibility index (Phi) is 6.09. The van der Waals surface area contributed by atoms with Crippen molar-refractivity contribution in [2.45, 2.75) is 19.9 Å². The number of anilines is 1. The Morgan fingerprint density at radius 2 is 1.89 bits per heavy atom. The summed E-state index contributed by atoms with van der Waals surface area (Å²) in [4.78, 5) is 43.6. The summed E-state index contributed by atoms with van der Waals surface area (Å²) < 4.78 is 6.89. The number of ether oxygens (including phenoxy) is 1. The summed E-state index contributed by atoms with van der Waals surface area (Å²) in [5, 5.41) is 2.20. The lowest BCUT2D eigenvalue weighted by Gasteiger charge is -2.40. The number of rotatable bonds is 4. The summed E-state index contributed by atoms with van der Waals surface area (Å²) in [5.41, 5.74) is 0.804. The molecule has 9 nitrogen and oxygen atoms in total. The molecule has 10 heteroatoms. The molecular weight excluding hydrogens is 480 g/mol. The van der Waals surface area contributed by atoms with Crippen molar-refractivity contribution < 1.29 is 9.53 Å². The van der Waals surface area contributed by atoms with Crippen molar-refractivity contribution in [1.82, 2.24) is 24.4 Å². The fraction of sp³-hybridized carbons (Fsp3) is 0.269. The molecule has 4 aromatic rings. The smallest absolute Gasteiger partial charge is 0.318 e. The Labute approximate surface area is 212 Å². The number of nitrogens with zero attached hydrogens (tertiary/aromatic N) is 6. The maximum Gasteiger partial charge on any atom is 0.318 e. The van der Waals surface area contributed by atoms with Crippen LogP contribution in [0.15, 0.2) is 53.8 Å². The highest BCUT2D eigenvalue weighted by atomic mass is 35.5. The quantitative estimate of drug-likeness (QED) is 0.392. The Balaban J connectivity index is 1.71. The highest BCUT2D eigenvalue weighted by Crippen LogP contribution is 2.31. The number of methoxy groups -OCH3 is 1. The van der Waals surface area contributed by atoms with Crippen LogP contribution in [-0.2, 0) is 4.79 Å². The third kappa shape index (κ3) is 3.85. The Hall–Kier alpha value is -3.98. The second kappa shape index (κ2) is 9.23. The molecule has 184 valence electrons. The van der Waals surface area contributed by atoms with Crippen molar-refractivity contribution in [3.05, 3.63) is 70.3 Å². The number of aryl methyl sites for hydroxylation is 1. The summed E-state index contributed by atoms with van der Waals surface area (Å²) in [6, 6.07) is 11.3. The second-order valence-electron chi connectivity index (χ2n) is 8.68. The molecule has 0 aliphatic carbocycles. The van der Waals surface area contributed by atoms with E-state index in [4.69, 9.17) is 21.3 Å².